The number of piperidine rings is 1. The van der Waals surface area contributed by atoms with E-state index in [2.05, 4.69) is 25.9 Å². The SMILES string of the molecule is CC(=O)Nc1ccc(-c2cc3c(N(C(=O)c4ccc(-c5cn(C)nn5)cc4F)C4CCCNC4)nccc3s2)cc1. The standard InChI is InChI=1S/C30H28FN7O2S/c1-18(39)34-21-8-5-19(6-9-21)28-15-24-27(41-28)11-13-33-29(24)38(22-4-3-12-32-16-22)30(40)23-10-7-20(14-25(23)31)26-17-37(2)36-35-26/h5-11,13-15,17,22,32H,3-4,12,16H2,1-2H3,(H,34,39). The normalized spacial score (nSPS) is 15.1. The van der Waals surface area contributed by atoms with Crippen molar-refractivity contribution in [3.63, 3.8) is 0 Å². The minimum atomic E-state index is -0.621. The van der Waals surface area contributed by atoms with Crippen molar-refractivity contribution in [2.24, 2.45) is 7.05 Å². The lowest BCUT2D eigenvalue weighted by molar-refractivity contribution is -0.114. The fourth-order valence-corrected chi connectivity index (χ4v) is 6.21. The number of pyridine rings is 1. The van der Waals surface area contributed by atoms with Gasteiger partial charge < -0.3 is 10.6 Å². The van der Waals surface area contributed by atoms with Crippen molar-refractivity contribution in [3.05, 3.63) is 78.4 Å². The Balaban J connectivity index is 1.39. The summed E-state index contributed by atoms with van der Waals surface area (Å²) in [5.74, 6) is -0.674. The van der Waals surface area contributed by atoms with Crippen molar-refractivity contribution in [3.8, 4) is 21.7 Å². The van der Waals surface area contributed by atoms with Gasteiger partial charge in [-0.05, 0) is 61.3 Å². The molecule has 0 bridgehead atoms. The smallest absolute Gasteiger partial charge is 0.262 e. The number of halogens is 1. The highest BCUT2D eigenvalue weighted by Crippen LogP contribution is 2.39. The number of thiophene rings is 1. The molecule has 1 saturated heterocycles. The minimum absolute atomic E-state index is 0.0222. The number of amides is 2. The van der Waals surface area contributed by atoms with Crippen LogP contribution in [-0.4, -0.2) is 50.9 Å². The molecular weight excluding hydrogens is 541 g/mol. The van der Waals surface area contributed by atoms with Crippen LogP contribution in [0.15, 0.2) is 67.0 Å². The summed E-state index contributed by atoms with van der Waals surface area (Å²) in [6.07, 6.45) is 5.07. The summed E-state index contributed by atoms with van der Waals surface area (Å²) >= 11 is 1.59. The fourth-order valence-electron chi connectivity index (χ4n) is 5.15. The first-order chi connectivity index (χ1) is 19.9. The maximum absolute atomic E-state index is 15.5. The number of fused-ring (bicyclic) bond motifs is 1. The summed E-state index contributed by atoms with van der Waals surface area (Å²) in [6.45, 7) is 2.93. The molecule has 41 heavy (non-hydrogen) atoms. The number of anilines is 2. The number of hydrogen-bond acceptors (Lipinski definition) is 7. The molecule has 11 heteroatoms. The zero-order chi connectivity index (χ0) is 28.5. The van der Waals surface area contributed by atoms with Crippen LogP contribution >= 0.6 is 11.3 Å². The Morgan fingerprint density at radius 1 is 1.12 bits per heavy atom. The van der Waals surface area contributed by atoms with E-state index in [1.807, 2.05) is 36.4 Å². The molecule has 5 aromatic rings. The second kappa shape index (κ2) is 11.2. The summed E-state index contributed by atoms with van der Waals surface area (Å²) in [5, 5.41) is 15.0. The number of aromatic nitrogens is 4. The molecule has 2 N–H and O–H groups in total. The highest BCUT2D eigenvalue weighted by atomic mass is 32.1. The van der Waals surface area contributed by atoms with Crippen molar-refractivity contribution in [2.45, 2.75) is 25.8 Å². The Labute approximate surface area is 240 Å². The summed E-state index contributed by atoms with van der Waals surface area (Å²) in [7, 11) is 1.74. The highest BCUT2D eigenvalue weighted by molar-refractivity contribution is 7.22. The molecule has 1 aliphatic heterocycles. The van der Waals surface area contributed by atoms with Gasteiger partial charge in [-0.1, -0.05) is 23.4 Å². The van der Waals surface area contributed by atoms with E-state index in [-0.39, 0.29) is 17.5 Å². The van der Waals surface area contributed by atoms with Crippen molar-refractivity contribution >= 4 is 44.7 Å². The Hall–Kier alpha value is -4.48. The summed E-state index contributed by atoms with van der Waals surface area (Å²) in [4.78, 5) is 32.8. The monoisotopic (exact) mass is 569 g/mol. The van der Waals surface area contributed by atoms with Gasteiger partial charge in [0.2, 0.25) is 5.91 Å². The van der Waals surface area contributed by atoms with Crippen molar-refractivity contribution in [1.82, 2.24) is 25.3 Å². The molecule has 208 valence electrons. The Morgan fingerprint density at radius 3 is 2.61 bits per heavy atom. The Kier molecular flexibility index (Phi) is 7.29. The average molecular weight is 570 g/mol. The van der Waals surface area contributed by atoms with Gasteiger partial charge in [0.1, 0.15) is 17.3 Å². The van der Waals surface area contributed by atoms with Gasteiger partial charge in [-0.2, -0.15) is 0 Å². The predicted molar refractivity (Wildman–Crippen MR) is 158 cm³/mol. The van der Waals surface area contributed by atoms with E-state index in [0.717, 1.165) is 45.6 Å². The zero-order valence-electron chi connectivity index (χ0n) is 22.6. The summed E-state index contributed by atoms with van der Waals surface area (Å²) < 4.78 is 18.0. The first-order valence-corrected chi connectivity index (χ1v) is 14.2. The van der Waals surface area contributed by atoms with Crippen molar-refractivity contribution in [1.29, 1.82) is 0 Å². The third-order valence-electron chi connectivity index (χ3n) is 7.10. The van der Waals surface area contributed by atoms with Crippen LogP contribution in [0.3, 0.4) is 0 Å². The molecule has 6 rings (SSSR count). The van der Waals surface area contributed by atoms with Crippen LogP contribution in [0.25, 0.3) is 31.8 Å². The van der Waals surface area contributed by atoms with E-state index in [9.17, 15) is 9.59 Å². The highest BCUT2D eigenvalue weighted by Gasteiger charge is 2.32. The quantitative estimate of drug-likeness (QED) is 0.289. The molecule has 4 heterocycles. The van der Waals surface area contributed by atoms with E-state index in [0.29, 0.717) is 23.6 Å². The van der Waals surface area contributed by atoms with Crippen LogP contribution in [0.2, 0.25) is 0 Å². The number of benzene rings is 2. The first-order valence-electron chi connectivity index (χ1n) is 13.3. The van der Waals surface area contributed by atoms with E-state index < -0.39 is 11.7 Å². The predicted octanol–water partition coefficient (Wildman–Crippen LogP) is 5.26. The van der Waals surface area contributed by atoms with Crippen LogP contribution in [-0.2, 0) is 11.8 Å². The van der Waals surface area contributed by atoms with E-state index in [4.69, 9.17) is 0 Å². The largest absolute Gasteiger partial charge is 0.326 e. The molecule has 0 radical (unpaired) electrons. The van der Waals surface area contributed by atoms with Gasteiger partial charge in [0.05, 0.1) is 17.8 Å². The lowest BCUT2D eigenvalue weighted by Crippen LogP contribution is -2.49. The van der Waals surface area contributed by atoms with Gasteiger partial charge in [0.25, 0.3) is 5.91 Å². The fraction of sp³-hybridized carbons (Fsp3) is 0.233. The molecule has 9 nitrogen and oxygen atoms in total. The second-order valence-electron chi connectivity index (χ2n) is 10.1. The van der Waals surface area contributed by atoms with Gasteiger partial charge in [0.15, 0.2) is 0 Å². The Bertz CT molecular complexity index is 1740. The number of nitrogens with zero attached hydrogens (tertiary/aromatic N) is 5. The Morgan fingerprint density at radius 2 is 1.93 bits per heavy atom. The number of carbonyl (C=O) groups excluding carboxylic acids is 2. The van der Waals surface area contributed by atoms with Crippen LogP contribution < -0.4 is 15.5 Å². The molecule has 2 amide bonds. The summed E-state index contributed by atoms with van der Waals surface area (Å²) in [5.41, 5.74) is 2.75. The second-order valence-corrected chi connectivity index (χ2v) is 11.1. The molecule has 1 fully saturated rings. The van der Waals surface area contributed by atoms with Crippen molar-refractivity contribution < 1.29 is 14.0 Å². The summed E-state index contributed by atoms with van der Waals surface area (Å²) in [6, 6.07) is 15.9. The maximum Gasteiger partial charge on any atom is 0.262 e. The van der Waals surface area contributed by atoms with Gasteiger partial charge >= 0.3 is 0 Å². The molecule has 1 aliphatic rings. The van der Waals surface area contributed by atoms with Gasteiger partial charge in [-0.3, -0.25) is 19.2 Å². The van der Waals surface area contributed by atoms with Gasteiger partial charge in [-0.25, -0.2) is 9.37 Å². The van der Waals surface area contributed by atoms with E-state index >= 15 is 4.39 Å². The number of hydrogen-bond donors (Lipinski definition) is 2. The molecule has 1 unspecified atom stereocenters. The van der Waals surface area contributed by atoms with Crippen LogP contribution in [0.5, 0.6) is 0 Å². The van der Waals surface area contributed by atoms with Crippen molar-refractivity contribution in [2.75, 3.05) is 23.3 Å². The van der Waals surface area contributed by atoms with Crippen LogP contribution in [0.4, 0.5) is 15.9 Å². The third kappa shape index (κ3) is 5.46. The molecule has 0 aliphatic carbocycles. The molecular formula is C30H28FN7O2S. The maximum atomic E-state index is 15.5. The lowest BCUT2D eigenvalue weighted by Gasteiger charge is -2.34. The number of carbonyl (C=O) groups is 2. The average Bonchev–Trinajstić information content (AvgIpc) is 3.61. The molecule has 1 atom stereocenters. The van der Waals surface area contributed by atoms with E-state index in [1.54, 1.807) is 46.4 Å². The first kappa shape index (κ1) is 26.7. The van der Waals surface area contributed by atoms with Gasteiger partial charge in [0, 0.05) is 52.9 Å². The number of aryl methyl sites for hydroxylation is 1. The molecule has 0 spiro atoms. The zero-order valence-corrected chi connectivity index (χ0v) is 23.4. The minimum Gasteiger partial charge on any atom is -0.326 e. The third-order valence-corrected chi connectivity index (χ3v) is 8.24. The number of rotatable bonds is 6. The number of nitrogens with one attached hydrogen (secondary N) is 2. The molecule has 3 aromatic heterocycles. The lowest BCUT2D eigenvalue weighted by atomic mass is 10.0. The van der Waals surface area contributed by atoms with Crippen LogP contribution in [0.1, 0.15) is 30.1 Å². The van der Waals surface area contributed by atoms with Gasteiger partial charge in [-0.15, -0.1) is 16.4 Å². The topological polar surface area (TPSA) is 105 Å². The molecule has 2 aromatic carbocycles. The molecule has 0 saturated carbocycles. The van der Waals surface area contributed by atoms with E-state index in [1.165, 1.54) is 19.1 Å². The van der Waals surface area contributed by atoms with Crippen LogP contribution in [0, 0.1) is 5.82 Å².